The van der Waals surface area contributed by atoms with Crippen molar-refractivity contribution in [2.24, 2.45) is 0 Å². The van der Waals surface area contributed by atoms with Crippen molar-refractivity contribution < 1.29 is 12.8 Å². The summed E-state index contributed by atoms with van der Waals surface area (Å²) in [5, 5.41) is 0. The predicted molar refractivity (Wildman–Crippen MR) is 76.5 cm³/mol. The van der Waals surface area contributed by atoms with Gasteiger partial charge in [-0.1, -0.05) is 6.08 Å². The molecule has 110 valence electrons. The highest BCUT2D eigenvalue weighted by Gasteiger charge is 2.29. The fourth-order valence-electron chi connectivity index (χ4n) is 2.38. The molecule has 20 heavy (non-hydrogen) atoms. The van der Waals surface area contributed by atoms with Crippen molar-refractivity contribution in [2.45, 2.75) is 11.8 Å². The first-order valence-electron chi connectivity index (χ1n) is 6.54. The molecule has 0 unspecified atom stereocenters. The summed E-state index contributed by atoms with van der Waals surface area (Å²) in [5.41, 5.74) is 0.443. The first-order chi connectivity index (χ1) is 9.45. The molecule has 6 heteroatoms. The minimum absolute atomic E-state index is 0.191. The van der Waals surface area contributed by atoms with E-state index in [2.05, 4.69) is 11.5 Å². The summed E-state index contributed by atoms with van der Waals surface area (Å²) in [6.45, 7) is 8.34. The Morgan fingerprint density at radius 3 is 2.50 bits per heavy atom. The number of aryl methyl sites for hydroxylation is 1. The van der Waals surface area contributed by atoms with Crippen molar-refractivity contribution in [3.8, 4) is 0 Å². The zero-order chi connectivity index (χ0) is 14.8. The Kier molecular flexibility index (Phi) is 4.57. The van der Waals surface area contributed by atoms with Crippen molar-refractivity contribution in [3.63, 3.8) is 0 Å². The topological polar surface area (TPSA) is 40.6 Å². The average molecular weight is 298 g/mol. The number of benzene rings is 1. The van der Waals surface area contributed by atoms with Gasteiger partial charge in [0, 0.05) is 32.7 Å². The molecule has 1 aliphatic heterocycles. The third-order valence-corrected chi connectivity index (χ3v) is 5.53. The largest absolute Gasteiger partial charge is 0.297 e. The molecule has 1 fully saturated rings. The van der Waals surface area contributed by atoms with Crippen molar-refractivity contribution in [3.05, 3.63) is 42.2 Å². The van der Waals surface area contributed by atoms with Gasteiger partial charge in [0.15, 0.2) is 0 Å². The third-order valence-electron chi connectivity index (χ3n) is 3.47. The predicted octanol–water partition coefficient (Wildman–Crippen LogP) is 1.63. The maximum atomic E-state index is 13.1. The normalized spacial score (nSPS) is 18.1. The molecule has 0 bridgehead atoms. The molecule has 1 heterocycles. The summed E-state index contributed by atoms with van der Waals surface area (Å²) < 4.78 is 39.7. The second kappa shape index (κ2) is 6.03. The Labute approximate surface area is 119 Å². The number of halogens is 1. The molecule has 1 aromatic carbocycles. The van der Waals surface area contributed by atoms with E-state index in [0.29, 0.717) is 31.7 Å². The molecule has 1 aliphatic rings. The van der Waals surface area contributed by atoms with Gasteiger partial charge < -0.3 is 0 Å². The quantitative estimate of drug-likeness (QED) is 0.793. The zero-order valence-corrected chi connectivity index (χ0v) is 12.4. The Balaban J connectivity index is 2.17. The highest BCUT2D eigenvalue weighted by Crippen LogP contribution is 2.21. The van der Waals surface area contributed by atoms with Crippen LogP contribution in [0.5, 0.6) is 0 Å². The zero-order valence-electron chi connectivity index (χ0n) is 11.5. The number of sulfonamides is 1. The van der Waals surface area contributed by atoms with E-state index >= 15 is 0 Å². The number of nitrogens with zero attached hydrogens (tertiary/aromatic N) is 2. The highest BCUT2D eigenvalue weighted by atomic mass is 32.2. The van der Waals surface area contributed by atoms with Gasteiger partial charge in [0.25, 0.3) is 0 Å². The van der Waals surface area contributed by atoms with E-state index in [-0.39, 0.29) is 4.90 Å². The van der Waals surface area contributed by atoms with Crippen LogP contribution in [0.15, 0.2) is 35.7 Å². The molecule has 0 saturated carbocycles. The van der Waals surface area contributed by atoms with Gasteiger partial charge in [0.2, 0.25) is 10.0 Å². The second-order valence-electron chi connectivity index (χ2n) is 4.90. The summed E-state index contributed by atoms with van der Waals surface area (Å²) in [5.74, 6) is -0.419. The molecular formula is C14H19FN2O2S. The minimum Gasteiger partial charge on any atom is -0.297 e. The molecule has 2 rings (SSSR count). The molecule has 0 aromatic heterocycles. The fraction of sp³-hybridized carbons (Fsp3) is 0.429. The van der Waals surface area contributed by atoms with Gasteiger partial charge in [-0.15, -0.1) is 6.58 Å². The number of piperazine rings is 1. The Bertz CT molecular complexity index is 593. The minimum atomic E-state index is -3.53. The van der Waals surface area contributed by atoms with E-state index in [1.54, 1.807) is 6.92 Å². The highest BCUT2D eigenvalue weighted by molar-refractivity contribution is 7.89. The van der Waals surface area contributed by atoms with Crippen LogP contribution >= 0.6 is 0 Å². The van der Waals surface area contributed by atoms with Gasteiger partial charge in [0.05, 0.1) is 4.90 Å². The van der Waals surface area contributed by atoms with Gasteiger partial charge >= 0.3 is 0 Å². The van der Waals surface area contributed by atoms with Gasteiger partial charge in [-0.3, -0.25) is 4.90 Å². The summed E-state index contributed by atoms with van der Waals surface area (Å²) in [6.07, 6.45) is 1.81. The lowest BCUT2D eigenvalue weighted by atomic mass is 10.2. The molecule has 0 atom stereocenters. The molecule has 0 radical (unpaired) electrons. The van der Waals surface area contributed by atoms with E-state index in [4.69, 9.17) is 0 Å². The number of rotatable bonds is 4. The van der Waals surface area contributed by atoms with Crippen LogP contribution in [-0.2, 0) is 10.0 Å². The standard InChI is InChI=1S/C14H19FN2O2S/c1-3-6-16-7-9-17(10-8-16)20(18,19)14-5-4-13(15)11-12(14)2/h3-5,11H,1,6-10H2,2H3. The van der Waals surface area contributed by atoms with Crippen molar-refractivity contribution in [1.29, 1.82) is 0 Å². The van der Waals surface area contributed by atoms with E-state index < -0.39 is 15.8 Å². The van der Waals surface area contributed by atoms with Crippen LogP contribution in [0, 0.1) is 12.7 Å². The molecule has 4 nitrogen and oxygen atoms in total. The lowest BCUT2D eigenvalue weighted by molar-refractivity contribution is 0.204. The third kappa shape index (κ3) is 3.08. The van der Waals surface area contributed by atoms with Crippen LogP contribution in [-0.4, -0.2) is 50.3 Å². The van der Waals surface area contributed by atoms with Crippen LogP contribution in [0.4, 0.5) is 4.39 Å². The van der Waals surface area contributed by atoms with Crippen LogP contribution in [0.2, 0.25) is 0 Å². The molecule has 1 aromatic rings. The smallest absolute Gasteiger partial charge is 0.243 e. The van der Waals surface area contributed by atoms with Crippen LogP contribution in [0.25, 0.3) is 0 Å². The average Bonchev–Trinajstić information content (AvgIpc) is 2.39. The van der Waals surface area contributed by atoms with Crippen molar-refractivity contribution in [2.75, 3.05) is 32.7 Å². The summed E-state index contributed by atoms with van der Waals surface area (Å²) >= 11 is 0. The lowest BCUT2D eigenvalue weighted by Crippen LogP contribution is -2.48. The summed E-state index contributed by atoms with van der Waals surface area (Å²) in [7, 11) is -3.53. The lowest BCUT2D eigenvalue weighted by Gasteiger charge is -2.33. The number of hydrogen-bond donors (Lipinski definition) is 0. The summed E-state index contributed by atoms with van der Waals surface area (Å²) in [6, 6.07) is 3.78. The van der Waals surface area contributed by atoms with Crippen molar-refractivity contribution >= 4 is 10.0 Å². The van der Waals surface area contributed by atoms with Gasteiger partial charge in [0.1, 0.15) is 5.82 Å². The first kappa shape index (κ1) is 15.2. The van der Waals surface area contributed by atoms with Crippen molar-refractivity contribution in [1.82, 2.24) is 9.21 Å². The monoisotopic (exact) mass is 298 g/mol. The number of hydrogen-bond acceptors (Lipinski definition) is 3. The van der Waals surface area contributed by atoms with E-state index in [9.17, 15) is 12.8 Å². The molecule has 0 aliphatic carbocycles. The molecular weight excluding hydrogens is 279 g/mol. The van der Waals surface area contributed by atoms with E-state index in [1.165, 1.54) is 22.5 Å². The first-order valence-corrected chi connectivity index (χ1v) is 7.98. The summed E-state index contributed by atoms with van der Waals surface area (Å²) in [4.78, 5) is 2.34. The van der Waals surface area contributed by atoms with Crippen LogP contribution in [0.3, 0.4) is 0 Å². The van der Waals surface area contributed by atoms with Gasteiger partial charge in [-0.05, 0) is 30.7 Å². The van der Waals surface area contributed by atoms with Gasteiger partial charge in [-0.2, -0.15) is 4.31 Å². The molecule has 0 N–H and O–H groups in total. The SMILES string of the molecule is C=CCN1CCN(S(=O)(=O)c2ccc(F)cc2C)CC1. The Hall–Kier alpha value is -1.24. The van der Waals surface area contributed by atoms with Crippen LogP contribution < -0.4 is 0 Å². The van der Waals surface area contributed by atoms with E-state index in [0.717, 1.165) is 6.54 Å². The fourth-order valence-corrected chi connectivity index (χ4v) is 4.00. The Morgan fingerprint density at radius 1 is 1.30 bits per heavy atom. The maximum Gasteiger partial charge on any atom is 0.243 e. The van der Waals surface area contributed by atoms with Crippen LogP contribution in [0.1, 0.15) is 5.56 Å². The van der Waals surface area contributed by atoms with Gasteiger partial charge in [-0.25, -0.2) is 12.8 Å². The molecule has 0 amide bonds. The molecule has 1 saturated heterocycles. The molecule has 0 spiro atoms. The van der Waals surface area contributed by atoms with E-state index in [1.807, 2.05) is 6.08 Å². The maximum absolute atomic E-state index is 13.1. The second-order valence-corrected chi connectivity index (χ2v) is 6.81. The Morgan fingerprint density at radius 2 is 1.95 bits per heavy atom.